The van der Waals surface area contributed by atoms with Gasteiger partial charge >= 0.3 is 6.18 Å². The van der Waals surface area contributed by atoms with Crippen LogP contribution in [0.3, 0.4) is 0 Å². The van der Waals surface area contributed by atoms with E-state index in [2.05, 4.69) is 15.5 Å². The van der Waals surface area contributed by atoms with Crippen molar-refractivity contribution in [1.29, 1.82) is 0 Å². The van der Waals surface area contributed by atoms with Crippen molar-refractivity contribution in [1.82, 2.24) is 15.1 Å². The van der Waals surface area contributed by atoms with Gasteiger partial charge in [-0.05, 0) is 32.9 Å². The minimum atomic E-state index is -4.50. The van der Waals surface area contributed by atoms with Gasteiger partial charge in [0.2, 0.25) is 5.91 Å². The number of likely N-dealkylation sites (tertiary alicyclic amines) is 1. The van der Waals surface area contributed by atoms with E-state index in [1.807, 2.05) is 20.8 Å². The molecule has 1 amide bonds. The van der Waals surface area contributed by atoms with Gasteiger partial charge in [-0.1, -0.05) is 0 Å². The fraction of sp³-hybridized carbons (Fsp3) is 0.615. The highest BCUT2D eigenvalue weighted by atomic mass is 19.4. The Morgan fingerprint density at radius 2 is 1.90 bits per heavy atom. The third-order valence-corrected chi connectivity index (χ3v) is 3.24. The molecule has 1 aromatic rings. The maximum absolute atomic E-state index is 12.4. The van der Waals surface area contributed by atoms with Crippen LogP contribution in [-0.4, -0.2) is 39.1 Å². The van der Waals surface area contributed by atoms with Crippen LogP contribution in [0.15, 0.2) is 12.1 Å². The lowest BCUT2D eigenvalue weighted by atomic mass is 10.1. The lowest BCUT2D eigenvalue weighted by Crippen LogP contribution is -2.43. The lowest BCUT2D eigenvalue weighted by Gasteiger charge is -2.32. The minimum Gasteiger partial charge on any atom is -0.364 e. The molecule has 21 heavy (non-hydrogen) atoms. The average Bonchev–Trinajstić information content (AvgIpc) is 2.69. The summed E-state index contributed by atoms with van der Waals surface area (Å²) in [4.78, 5) is 13.6. The first-order valence-corrected chi connectivity index (χ1v) is 6.55. The number of halogens is 3. The summed E-state index contributed by atoms with van der Waals surface area (Å²) in [6, 6.07) is 1.91. The second kappa shape index (κ2) is 5.16. The van der Waals surface area contributed by atoms with Crippen molar-refractivity contribution in [2.24, 2.45) is 0 Å². The molecule has 1 atom stereocenters. The molecule has 0 radical (unpaired) electrons. The summed E-state index contributed by atoms with van der Waals surface area (Å²) < 4.78 is 37.2. The Morgan fingerprint density at radius 3 is 2.33 bits per heavy atom. The fourth-order valence-corrected chi connectivity index (χ4v) is 2.22. The van der Waals surface area contributed by atoms with Crippen LogP contribution in [0.25, 0.3) is 0 Å². The van der Waals surface area contributed by atoms with Crippen LogP contribution in [0, 0.1) is 0 Å². The predicted octanol–water partition coefficient (Wildman–Crippen LogP) is 2.31. The third-order valence-electron chi connectivity index (χ3n) is 3.24. The van der Waals surface area contributed by atoms with Gasteiger partial charge in [-0.2, -0.15) is 13.2 Å². The van der Waals surface area contributed by atoms with Gasteiger partial charge in [0, 0.05) is 18.5 Å². The number of hydrogen-bond acceptors (Lipinski definition) is 4. The van der Waals surface area contributed by atoms with E-state index in [1.54, 1.807) is 4.90 Å². The quantitative estimate of drug-likeness (QED) is 0.911. The van der Waals surface area contributed by atoms with Crippen LogP contribution in [-0.2, 0) is 11.0 Å². The second-order valence-corrected chi connectivity index (χ2v) is 6.02. The van der Waals surface area contributed by atoms with E-state index in [4.69, 9.17) is 0 Å². The zero-order valence-corrected chi connectivity index (χ0v) is 12.0. The van der Waals surface area contributed by atoms with Crippen molar-refractivity contribution < 1.29 is 18.0 Å². The molecule has 8 heteroatoms. The summed E-state index contributed by atoms with van der Waals surface area (Å²) in [6.07, 6.45) is -4.21. The van der Waals surface area contributed by atoms with Crippen molar-refractivity contribution in [3.05, 3.63) is 17.8 Å². The van der Waals surface area contributed by atoms with Crippen LogP contribution in [0.1, 0.15) is 32.9 Å². The Balaban J connectivity index is 2.02. The van der Waals surface area contributed by atoms with Gasteiger partial charge in [0.15, 0.2) is 5.69 Å². The molecule has 5 nitrogen and oxygen atoms in total. The molecule has 1 saturated heterocycles. The topological polar surface area (TPSA) is 58.1 Å². The van der Waals surface area contributed by atoms with Crippen LogP contribution < -0.4 is 5.32 Å². The molecule has 0 aromatic carbocycles. The summed E-state index contributed by atoms with van der Waals surface area (Å²) in [7, 11) is 0. The summed E-state index contributed by atoms with van der Waals surface area (Å²) in [5.74, 6) is 0.247. The average molecular weight is 302 g/mol. The number of nitrogens with one attached hydrogen (secondary N) is 1. The number of anilines is 1. The summed E-state index contributed by atoms with van der Waals surface area (Å²) >= 11 is 0. The van der Waals surface area contributed by atoms with Crippen LogP contribution >= 0.6 is 0 Å². The zero-order chi connectivity index (χ0) is 15.8. The van der Waals surface area contributed by atoms with Gasteiger partial charge in [-0.15, -0.1) is 10.2 Å². The molecular weight excluding hydrogens is 285 g/mol. The smallest absolute Gasteiger partial charge is 0.364 e. The molecule has 0 spiro atoms. The first-order chi connectivity index (χ1) is 9.57. The van der Waals surface area contributed by atoms with E-state index in [9.17, 15) is 18.0 Å². The van der Waals surface area contributed by atoms with Gasteiger partial charge < -0.3 is 10.2 Å². The monoisotopic (exact) mass is 302 g/mol. The number of aromatic nitrogens is 2. The first-order valence-electron chi connectivity index (χ1n) is 6.55. The molecule has 1 aliphatic heterocycles. The van der Waals surface area contributed by atoms with Gasteiger partial charge in [-0.25, -0.2) is 0 Å². The molecule has 1 aliphatic rings. The van der Waals surface area contributed by atoms with Crippen molar-refractivity contribution in [3.8, 4) is 0 Å². The van der Waals surface area contributed by atoms with Crippen LogP contribution in [0.5, 0.6) is 0 Å². The number of amides is 1. The number of nitrogens with zero attached hydrogens (tertiary/aromatic N) is 3. The molecule has 2 heterocycles. The van der Waals surface area contributed by atoms with Crippen LogP contribution in [0.4, 0.5) is 19.0 Å². The van der Waals surface area contributed by atoms with Crippen molar-refractivity contribution in [2.75, 3.05) is 11.9 Å². The molecule has 1 N–H and O–H groups in total. The third kappa shape index (κ3) is 3.62. The van der Waals surface area contributed by atoms with Gasteiger partial charge in [0.1, 0.15) is 5.82 Å². The molecule has 1 unspecified atom stereocenters. The molecule has 0 bridgehead atoms. The zero-order valence-electron chi connectivity index (χ0n) is 12.0. The van der Waals surface area contributed by atoms with E-state index < -0.39 is 11.9 Å². The van der Waals surface area contributed by atoms with Crippen LogP contribution in [0.2, 0.25) is 0 Å². The Bertz CT molecular complexity index is 522. The highest BCUT2D eigenvalue weighted by molar-refractivity contribution is 5.80. The number of carbonyl (C=O) groups excluding carboxylic acids is 1. The standard InChI is InChI=1S/C13H17F3N4O/c1-12(2,3)20-7-8(6-11(20)21)17-10-5-4-9(18-19-10)13(14,15)16/h4-5,8H,6-7H2,1-3H3,(H,17,19). The number of hydrogen-bond donors (Lipinski definition) is 1. The molecular formula is C13H17F3N4O. The highest BCUT2D eigenvalue weighted by Gasteiger charge is 2.36. The Hall–Kier alpha value is -1.86. The largest absolute Gasteiger partial charge is 0.435 e. The van der Waals surface area contributed by atoms with E-state index in [1.165, 1.54) is 6.07 Å². The van der Waals surface area contributed by atoms with Crippen molar-refractivity contribution in [3.63, 3.8) is 0 Å². The molecule has 0 saturated carbocycles. The molecule has 1 fully saturated rings. The molecule has 116 valence electrons. The minimum absolute atomic E-state index is 0.0138. The van der Waals surface area contributed by atoms with Gasteiger partial charge in [0.05, 0.1) is 6.04 Å². The normalized spacial score (nSPS) is 20.0. The predicted molar refractivity (Wildman–Crippen MR) is 70.5 cm³/mol. The van der Waals surface area contributed by atoms with E-state index >= 15 is 0 Å². The van der Waals surface area contributed by atoms with E-state index in [-0.39, 0.29) is 23.3 Å². The Kier molecular flexibility index (Phi) is 3.81. The fourth-order valence-electron chi connectivity index (χ4n) is 2.22. The lowest BCUT2D eigenvalue weighted by molar-refractivity contribution is -0.141. The van der Waals surface area contributed by atoms with Gasteiger partial charge in [-0.3, -0.25) is 4.79 Å². The summed E-state index contributed by atoms with van der Waals surface area (Å²) in [5.41, 5.74) is -1.31. The molecule has 2 rings (SSSR count). The van der Waals surface area contributed by atoms with Gasteiger partial charge in [0.25, 0.3) is 0 Å². The van der Waals surface area contributed by atoms with Crippen molar-refractivity contribution in [2.45, 2.75) is 44.9 Å². The van der Waals surface area contributed by atoms with E-state index in [0.29, 0.717) is 13.0 Å². The van der Waals surface area contributed by atoms with Crippen molar-refractivity contribution >= 4 is 11.7 Å². The first kappa shape index (κ1) is 15.5. The highest BCUT2D eigenvalue weighted by Crippen LogP contribution is 2.28. The maximum Gasteiger partial charge on any atom is 0.435 e. The maximum atomic E-state index is 12.4. The second-order valence-electron chi connectivity index (χ2n) is 6.02. The number of carbonyl (C=O) groups is 1. The van der Waals surface area contributed by atoms with E-state index in [0.717, 1.165) is 6.07 Å². The Morgan fingerprint density at radius 1 is 1.24 bits per heavy atom. The Labute approximate surface area is 120 Å². The SMILES string of the molecule is CC(C)(C)N1CC(Nc2ccc(C(F)(F)F)nn2)CC1=O. The molecule has 1 aromatic heterocycles. The summed E-state index contributed by atoms with van der Waals surface area (Å²) in [5, 5.41) is 9.60. The molecule has 0 aliphatic carbocycles. The number of alkyl halides is 3. The summed E-state index contributed by atoms with van der Waals surface area (Å²) in [6.45, 7) is 6.30. The number of rotatable bonds is 2.